The fraction of sp³-hybridized carbons (Fsp3) is 0.250. The third-order valence-electron chi connectivity index (χ3n) is 2.89. The Hall–Kier alpha value is -2.97. The molecule has 9 nitrogen and oxygen atoms in total. The van der Waals surface area contributed by atoms with Crippen molar-refractivity contribution in [2.24, 2.45) is 7.05 Å². The van der Waals surface area contributed by atoms with Crippen molar-refractivity contribution in [2.45, 2.75) is 6.54 Å². The van der Waals surface area contributed by atoms with E-state index in [2.05, 4.69) is 20.6 Å². The van der Waals surface area contributed by atoms with Crippen LogP contribution in [0.3, 0.4) is 0 Å². The van der Waals surface area contributed by atoms with Gasteiger partial charge in [-0.15, -0.1) is 0 Å². The molecular weight excluding hydrogens is 276 g/mol. The third-order valence-corrected chi connectivity index (χ3v) is 2.89. The van der Waals surface area contributed by atoms with Gasteiger partial charge < -0.3 is 15.2 Å². The van der Waals surface area contributed by atoms with Crippen LogP contribution in [0.1, 0.15) is 16.2 Å². The molecule has 110 valence electrons. The highest BCUT2D eigenvalue weighted by molar-refractivity contribution is 5.99. The first-order valence-electron chi connectivity index (χ1n) is 6.09. The molecule has 0 spiro atoms. The van der Waals surface area contributed by atoms with Gasteiger partial charge in [-0.1, -0.05) is 0 Å². The highest BCUT2D eigenvalue weighted by atomic mass is 16.6. The molecule has 0 saturated carbocycles. The van der Waals surface area contributed by atoms with Gasteiger partial charge in [0.1, 0.15) is 17.8 Å². The van der Waals surface area contributed by atoms with Crippen molar-refractivity contribution in [1.82, 2.24) is 19.9 Å². The number of aryl methyl sites for hydroxylation is 1. The van der Waals surface area contributed by atoms with Crippen LogP contribution in [0.25, 0.3) is 0 Å². The van der Waals surface area contributed by atoms with Gasteiger partial charge >= 0.3 is 0 Å². The summed E-state index contributed by atoms with van der Waals surface area (Å²) in [6, 6.07) is 1.19. The van der Waals surface area contributed by atoms with E-state index in [1.165, 1.54) is 6.07 Å². The Morgan fingerprint density at radius 3 is 2.81 bits per heavy atom. The van der Waals surface area contributed by atoms with Gasteiger partial charge in [0.15, 0.2) is 0 Å². The predicted octanol–water partition coefficient (Wildman–Crippen LogP) is 0.695. The quantitative estimate of drug-likeness (QED) is 0.618. The molecule has 2 heterocycles. The number of aromatic nitrogens is 3. The lowest BCUT2D eigenvalue weighted by Crippen LogP contribution is -2.25. The minimum atomic E-state index is -0.595. The minimum absolute atomic E-state index is 0.112. The molecule has 0 unspecified atom stereocenters. The summed E-state index contributed by atoms with van der Waals surface area (Å²) in [7, 11) is 3.39. The molecule has 2 aromatic rings. The number of rotatable bonds is 5. The van der Waals surface area contributed by atoms with E-state index in [0.29, 0.717) is 5.82 Å². The van der Waals surface area contributed by atoms with Crippen LogP contribution in [0.15, 0.2) is 24.7 Å². The van der Waals surface area contributed by atoms with Crippen LogP contribution in [-0.2, 0) is 13.6 Å². The van der Waals surface area contributed by atoms with Crippen molar-refractivity contribution in [1.29, 1.82) is 0 Å². The Balaban J connectivity index is 2.19. The van der Waals surface area contributed by atoms with Gasteiger partial charge in [-0.2, -0.15) is 0 Å². The molecule has 1 amide bonds. The molecule has 21 heavy (non-hydrogen) atoms. The lowest BCUT2D eigenvalue weighted by atomic mass is 10.2. The highest BCUT2D eigenvalue weighted by Gasteiger charge is 2.17. The number of nitrogens with zero attached hydrogens (tertiary/aromatic N) is 4. The van der Waals surface area contributed by atoms with Crippen LogP contribution < -0.4 is 10.6 Å². The van der Waals surface area contributed by atoms with Crippen molar-refractivity contribution < 1.29 is 9.72 Å². The molecule has 0 bridgehead atoms. The number of carbonyl (C=O) groups is 1. The van der Waals surface area contributed by atoms with Crippen LogP contribution in [-0.4, -0.2) is 32.4 Å². The first-order valence-corrected chi connectivity index (χ1v) is 6.09. The number of imidazole rings is 1. The van der Waals surface area contributed by atoms with E-state index in [4.69, 9.17) is 0 Å². The zero-order valence-electron chi connectivity index (χ0n) is 11.5. The number of amides is 1. The molecular formula is C12H14N6O3. The smallest absolute Gasteiger partial charge is 0.288 e. The van der Waals surface area contributed by atoms with Crippen LogP contribution >= 0.6 is 0 Å². The van der Waals surface area contributed by atoms with Crippen molar-refractivity contribution in [3.05, 3.63) is 46.2 Å². The van der Waals surface area contributed by atoms with E-state index in [1.807, 2.05) is 7.05 Å². The molecule has 0 fully saturated rings. The second kappa shape index (κ2) is 5.99. The Labute approximate surface area is 120 Å². The summed E-state index contributed by atoms with van der Waals surface area (Å²) in [6.07, 6.45) is 4.48. The van der Waals surface area contributed by atoms with Crippen LogP contribution in [0, 0.1) is 10.1 Å². The number of anilines is 1. The monoisotopic (exact) mass is 290 g/mol. The average molecular weight is 290 g/mol. The lowest BCUT2D eigenvalue weighted by molar-refractivity contribution is -0.385. The maximum Gasteiger partial charge on any atom is 0.288 e. The zero-order valence-corrected chi connectivity index (χ0v) is 11.5. The number of hydrogen-bond donors (Lipinski definition) is 2. The maximum atomic E-state index is 12.2. The fourth-order valence-electron chi connectivity index (χ4n) is 1.75. The summed E-state index contributed by atoms with van der Waals surface area (Å²) < 4.78 is 1.77. The third kappa shape index (κ3) is 3.14. The molecule has 0 aliphatic heterocycles. The molecule has 0 radical (unpaired) electrons. The SMILES string of the molecule is CNc1ncc([N+](=O)[O-])cc1C(=O)NCc1nccn1C. The number of nitrogens with one attached hydrogen (secondary N) is 2. The summed E-state index contributed by atoms with van der Waals surface area (Å²) in [6.45, 7) is 0.216. The van der Waals surface area contributed by atoms with E-state index >= 15 is 0 Å². The number of hydrogen-bond acceptors (Lipinski definition) is 6. The van der Waals surface area contributed by atoms with E-state index in [0.717, 1.165) is 6.20 Å². The Kier molecular flexibility index (Phi) is 4.12. The second-order valence-electron chi connectivity index (χ2n) is 4.23. The lowest BCUT2D eigenvalue weighted by Gasteiger charge is -2.09. The van der Waals surface area contributed by atoms with Gasteiger partial charge in [0, 0.05) is 32.6 Å². The van der Waals surface area contributed by atoms with E-state index in [-0.39, 0.29) is 23.6 Å². The molecule has 2 aromatic heterocycles. The summed E-state index contributed by atoms with van der Waals surface area (Å²) in [5.74, 6) is 0.490. The Morgan fingerprint density at radius 1 is 1.48 bits per heavy atom. The van der Waals surface area contributed by atoms with Gasteiger partial charge in [-0.3, -0.25) is 14.9 Å². The van der Waals surface area contributed by atoms with Crippen molar-refractivity contribution >= 4 is 17.4 Å². The van der Waals surface area contributed by atoms with Crippen molar-refractivity contribution in [2.75, 3.05) is 12.4 Å². The molecule has 0 atom stereocenters. The second-order valence-corrected chi connectivity index (χ2v) is 4.23. The molecule has 9 heteroatoms. The first kappa shape index (κ1) is 14.4. The standard InChI is InChI=1S/C12H14N6O3/c1-13-11-9(5-8(6-15-11)18(20)21)12(19)16-7-10-14-3-4-17(10)2/h3-6H,7H2,1-2H3,(H,13,15)(H,16,19). The van der Waals surface area contributed by atoms with Crippen LogP contribution in [0.2, 0.25) is 0 Å². The van der Waals surface area contributed by atoms with Crippen LogP contribution in [0.5, 0.6) is 0 Å². The fourth-order valence-corrected chi connectivity index (χ4v) is 1.75. The Bertz CT molecular complexity index is 681. The molecule has 0 aromatic carbocycles. The molecule has 0 saturated heterocycles. The summed E-state index contributed by atoms with van der Waals surface area (Å²) >= 11 is 0. The molecule has 0 aliphatic carbocycles. The van der Waals surface area contributed by atoms with E-state index in [9.17, 15) is 14.9 Å². The minimum Gasteiger partial charge on any atom is -0.372 e. The summed E-state index contributed by atoms with van der Waals surface area (Å²) in [5, 5.41) is 16.2. The summed E-state index contributed by atoms with van der Waals surface area (Å²) in [5.41, 5.74) is -0.128. The Morgan fingerprint density at radius 2 is 2.24 bits per heavy atom. The van der Waals surface area contributed by atoms with Gasteiger partial charge in [-0.05, 0) is 0 Å². The van der Waals surface area contributed by atoms with Crippen molar-refractivity contribution in [3.8, 4) is 0 Å². The first-order chi connectivity index (χ1) is 10.0. The summed E-state index contributed by atoms with van der Waals surface area (Å²) in [4.78, 5) is 30.3. The van der Waals surface area contributed by atoms with Gasteiger partial charge in [0.05, 0.1) is 17.0 Å². The normalized spacial score (nSPS) is 10.2. The van der Waals surface area contributed by atoms with Crippen LogP contribution in [0.4, 0.5) is 11.5 Å². The van der Waals surface area contributed by atoms with Gasteiger partial charge in [0.2, 0.25) is 0 Å². The molecule has 0 aliphatic rings. The van der Waals surface area contributed by atoms with E-state index in [1.54, 1.807) is 24.0 Å². The maximum absolute atomic E-state index is 12.2. The zero-order chi connectivity index (χ0) is 15.4. The van der Waals surface area contributed by atoms with Crippen molar-refractivity contribution in [3.63, 3.8) is 0 Å². The topological polar surface area (TPSA) is 115 Å². The number of carbonyl (C=O) groups excluding carboxylic acids is 1. The van der Waals surface area contributed by atoms with Gasteiger partial charge in [0.25, 0.3) is 11.6 Å². The average Bonchev–Trinajstić information content (AvgIpc) is 2.89. The number of nitro groups is 1. The molecule has 2 N–H and O–H groups in total. The molecule has 2 rings (SSSR count). The van der Waals surface area contributed by atoms with E-state index < -0.39 is 10.8 Å². The highest BCUT2D eigenvalue weighted by Crippen LogP contribution is 2.18. The number of pyridine rings is 1. The predicted molar refractivity (Wildman–Crippen MR) is 74.8 cm³/mol. The van der Waals surface area contributed by atoms with Gasteiger partial charge in [-0.25, -0.2) is 9.97 Å². The largest absolute Gasteiger partial charge is 0.372 e.